The predicted molar refractivity (Wildman–Crippen MR) is 56.4 cm³/mol. The summed E-state index contributed by atoms with van der Waals surface area (Å²) in [5.74, 6) is -0.399. The molecular weight excluding hydrogens is 200 g/mol. The van der Waals surface area contributed by atoms with Crippen LogP contribution in [0.1, 0.15) is 11.5 Å². The Labute approximate surface area is 87.9 Å². The highest BCUT2D eigenvalue weighted by atomic mass is 19.3. The molecule has 0 saturated heterocycles. The number of aromatic nitrogens is 1. The van der Waals surface area contributed by atoms with Gasteiger partial charge < -0.3 is 10.6 Å². The van der Waals surface area contributed by atoms with Crippen LogP contribution in [0.25, 0.3) is 0 Å². The van der Waals surface area contributed by atoms with Gasteiger partial charge in [0, 0.05) is 32.4 Å². The Morgan fingerprint density at radius 1 is 1.47 bits per heavy atom. The molecule has 0 spiro atoms. The Bertz CT molecular complexity index is 315. The summed E-state index contributed by atoms with van der Waals surface area (Å²) < 4.78 is 25.4. The third kappa shape index (κ3) is 2.62. The van der Waals surface area contributed by atoms with E-state index in [-0.39, 0.29) is 6.54 Å². The molecule has 1 unspecified atom stereocenters. The summed E-state index contributed by atoms with van der Waals surface area (Å²) in [6.07, 6.45) is -0.879. The number of alkyl halides is 2. The van der Waals surface area contributed by atoms with Crippen molar-refractivity contribution in [3.05, 3.63) is 23.9 Å². The summed E-state index contributed by atoms with van der Waals surface area (Å²) in [6.45, 7) is -0.0792. The minimum atomic E-state index is -2.46. The molecule has 0 aliphatic rings. The first kappa shape index (κ1) is 11.8. The van der Waals surface area contributed by atoms with Gasteiger partial charge in [-0.2, -0.15) is 0 Å². The van der Waals surface area contributed by atoms with E-state index in [0.29, 0.717) is 11.4 Å². The minimum absolute atomic E-state index is 0.0792. The number of hydrogen-bond acceptors (Lipinski definition) is 3. The molecule has 0 amide bonds. The van der Waals surface area contributed by atoms with Crippen molar-refractivity contribution in [1.82, 2.24) is 4.98 Å². The third-order valence-corrected chi connectivity index (χ3v) is 2.20. The zero-order valence-electron chi connectivity index (χ0n) is 8.82. The van der Waals surface area contributed by atoms with Crippen molar-refractivity contribution >= 4 is 5.82 Å². The van der Waals surface area contributed by atoms with Crippen molar-refractivity contribution in [2.75, 3.05) is 25.5 Å². The van der Waals surface area contributed by atoms with E-state index in [1.807, 2.05) is 0 Å². The van der Waals surface area contributed by atoms with Crippen LogP contribution in [0.4, 0.5) is 14.6 Å². The lowest BCUT2D eigenvalue weighted by Gasteiger charge is -2.21. The van der Waals surface area contributed by atoms with E-state index in [9.17, 15) is 8.78 Å². The fourth-order valence-corrected chi connectivity index (χ4v) is 1.44. The topological polar surface area (TPSA) is 42.2 Å². The molecule has 1 rings (SSSR count). The van der Waals surface area contributed by atoms with Gasteiger partial charge in [0.15, 0.2) is 0 Å². The van der Waals surface area contributed by atoms with E-state index in [4.69, 9.17) is 5.73 Å². The molecule has 0 saturated carbocycles. The lowest BCUT2D eigenvalue weighted by atomic mass is 10.0. The quantitative estimate of drug-likeness (QED) is 0.826. The van der Waals surface area contributed by atoms with Crippen LogP contribution in [0.2, 0.25) is 0 Å². The maximum Gasteiger partial charge on any atom is 0.246 e. The standard InChI is InChI=1S/C10H15F2N3/c1-15(2)10-7(4-3-5-14-10)8(6-13)9(11)12/h3-5,8-9H,6,13H2,1-2H3. The van der Waals surface area contributed by atoms with Crippen LogP contribution in [-0.2, 0) is 0 Å². The van der Waals surface area contributed by atoms with Crippen molar-refractivity contribution in [2.45, 2.75) is 12.3 Å². The van der Waals surface area contributed by atoms with Crippen LogP contribution in [0, 0.1) is 0 Å². The Balaban J connectivity index is 3.11. The first-order valence-corrected chi connectivity index (χ1v) is 4.68. The van der Waals surface area contributed by atoms with Gasteiger partial charge in [0.05, 0.1) is 5.92 Å². The minimum Gasteiger partial charge on any atom is -0.363 e. The van der Waals surface area contributed by atoms with E-state index >= 15 is 0 Å². The zero-order valence-corrected chi connectivity index (χ0v) is 8.82. The number of anilines is 1. The lowest BCUT2D eigenvalue weighted by Crippen LogP contribution is -2.23. The second kappa shape index (κ2) is 5.02. The van der Waals surface area contributed by atoms with Gasteiger partial charge in [-0.15, -0.1) is 0 Å². The highest BCUT2D eigenvalue weighted by molar-refractivity contribution is 5.47. The Hall–Kier alpha value is -1.23. The summed E-state index contributed by atoms with van der Waals surface area (Å²) in [5.41, 5.74) is 5.85. The van der Waals surface area contributed by atoms with Gasteiger partial charge >= 0.3 is 0 Å². The van der Waals surface area contributed by atoms with E-state index in [1.165, 1.54) is 0 Å². The molecule has 84 valence electrons. The highest BCUT2D eigenvalue weighted by Crippen LogP contribution is 2.28. The van der Waals surface area contributed by atoms with Crippen molar-refractivity contribution < 1.29 is 8.78 Å². The monoisotopic (exact) mass is 215 g/mol. The molecule has 0 aliphatic carbocycles. The number of rotatable bonds is 4. The van der Waals surface area contributed by atoms with Crippen LogP contribution >= 0.6 is 0 Å². The number of halogens is 2. The summed E-state index contributed by atoms with van der Waals surface area (Å²) in [6, 6.07) is 3.29. The average molecular weight is 215 g/mol. The predicted octanol–water partition coefficient (Wildman–Crippen LogP) is 1.45. The van der Waals surface area contributed by atoms with Crippen LogP contribution in [0.15, 0.2) is 18.3 Å². The Kier molecular flexibility index (Phi) is 3.96. The first-order chi connectivity index (χ1) is 7.07. The fraction of sp³-hybridized carbons (Fsp3) is 0.500. The van der Waals surface area contributed by atoms with Gasteiger partial charge in [-0.25, -0.2) is 13.8 Å². The maximum absolute atomic E-state index is 12.7. The highest BCUT2D eigenvalue weighted by Gasteiger charge is 2.24. The molecule has 0 bridgehead atoms. The largest absolute Gasteiger partial charge is 0.363 e. The smallest absolute Gasteiger partial charge is 0.246 e. The molecule has 3 nitrogen and oxygen atoms in total. The molecule has 15 heavy (non-hydrogen) atoms. The summed E-state index contributed by atoms with van der Waals surface area (Å²) >= 11 is 0. The van der Waals surface area contributed by atoms with E-state index in [2.05, 4.69) is 4.98 Å². The molecule has 0 aromatic carbocycles. The van der Waals surface area contributed by atoms with Gasteiger partial charge in [0.25, 0.3) is 0 Å². The fourth-order valence-electron chi connectivity index (χ4n) is 1.44. The molecule has 5 heteroatoms. The van der Waals surface area contributed by atoms with Crippen LogP contribution in [0.5, 0.6) is 0 Å². The molecule has 1 aromatic rings. The molecular formula is C10H15F2N3. The van der Waals surface area contributed by atoms with Crippen LogP contribution in [0.3, 0.4) is 0 Å². The van der Waals surface area contributed by atoms with Crippen LogP contribution < -0.4 is 10.6 Å². The molecule has 1 heterocycles. The van der Waals surface area contributed by atoms with Crippen molar-refractivity contribution in [3.8, 4) is 0 Å². The maximum atomic E-state index is 12.7. The number of nitrogens with zero attached hydrogens (tertiary/aromatic N) is 2. The Morgan fingerprint density at radius 3 is 2.60 bits per heavy atom. The van der Waals surface area contributed by atoms with Gasteiger partial charge in [-0.05, 0) is 6.07 Å². The Morgan fingerprint density at radius 2 is 2.13 bits per heavy atom. The first-order valence-electron chi connectivity index (χ1n) is 4.68. The summed E-state index contributed by atoms with van der Waals surface area (Å²) in [5, 5.41) is 0. The zero-order chi connectivity index (χ0) is 11.4. The number of nitrogens with two attached hydrogens (primary N) is 1. The van der Waals surface area contributed by atoms with E-state index < -0.39 is 12.3 Å². The van der Waals surface area contributed by atoms with Gasteiger partial charge in [-0.1, -0.05) is 6.07 Å². The average Bonchev–Trinajstić information content (AvgIpc) is 2.18. The normalized spacial score (nSPS) is 12.9. The van der Waals surface area contributed by atoms with E-state index in [0.717, 1.165) is 0 Å². The number of hydrogen-bond donors (Lipinski definition) is 1. The second-order valence-corrected chi connectivity index (χ2v) is 3.49. The van der Waals surface area contributed by atoms with E-state index in [1.54, 1.807) is 37.3 Å². The molecule has 0 radical (unpaired) electrons. The molecule has 1 atom stereocenters. The number of pyridine rings is 1. The van der Waals surface area contributed by atoms with Crippen molar-refractivity contribution in [2.24, 2.45) is 5.73 Å². The van der Waals surface area contributed by atoms with Crippen molar-refractivity contribution in [1.29, 1.82) is 0 Å². The SMILES string of the molecule is CN(C)c1ncccc1C(CN)C(F)F. The molecule has 0 aliphatic heterocycles. The summed E-state index contributed by atoms with van der Waals surface area (Å²) in [7, 11) is 3.54. The van der Waals surface area contributed by atoms with Crippen LogP contribution in [-0.4, -0.2) is 32.0 Å². The summed E-state index contributed by atoms with van der Waals surface area (Å²) in [4.78, 5) is 5.78. The molecule has 1 aromatic heterocycles. The van der Waals surface area contributed by atoms with Gasteiger partial charge in [0.2, 0.25) is 6.43 Å². The van der Waals surface area contributed by atoms with Crippen molar-refractivity contribution in [3.63, 3.8) is 0 Å². The third-order valence-electron chi connectivity index (χ3n) is 2.20. The van der Waals surface area contributed by atoms with Gasteiger partial charge in [0.1, 0.15) is 5.82 Å². The molecule has 0 fully saturated rings. The molecule has 2 N–H and O–H groups in total. The van der Waals surface area contributed by atoms with Gasteiger partial charge in [-0.3, -0.25) is 0 Å². The lowest BCUT2D eigenvalue weighted by molar-refractivity contribution is 0.117. The second-order valence-electron chi connectivity index (χ2n) is 3.49.